The number of nitrogens with one attached hydrogen (secondary N) is 1. The summed E-state index contributed by atoms with van der Waals surface area (Å²) in [7, 11) is 1.57. The Morgan fingerprint density at radius 3 is 2.94 bits per heavy atom. The van der Waals surface area contributed by atoms with Crippen LogP contribution in [0.2, 0.25) is 0 Å². The zero-order chi connectivity index (χ0) is 13.0. The van der Waals surface area contributed by atoms with Gasteiger partial charge in [0.15, 0.2) is 0 Å². The summed E-state index contributed by atoms with van der Waals surface area (Å²) in [5.41, 5.74) is 0.571. The van der Waals surface area contributed by atoms with Gasteiger partial charge >= 0.3 is 0 Å². The van der Waals surface area contributed by atoms with Crippen LogP contribution in [0.4, 0.5) is 0 Å². The zero-order valence-electron chi connectivity index (χ0n) is 10.3. The van der Waals surface area contributed by atoms with Crippen LogP contribution in [0.25, 0.3) is 0 Å². The van der Waals surface area contributed by atoms with Crippen LogP contribution in [0.5, 0.6) is 5.75 Å². The molecule has 0 spiro atoms. The molecule has 0 fully saturated rings. The van der Waals surface area contributed by atoms with Crippen LogP contribution in [0, 0.1) is 0 Å². The topological polar surface area (TPSA) is 38.3 Å². The van der Waals surface area contributed by atoms with E-state index in [1.165, 1.54) is 0 Å². The van der Waals surface area contributed by atoms with Crippen molar-refractivity contribution in [1.29, 1.82) is 0 Å². The summed E-state index contributed by atoms with van der Waals surface area (Å²) < 4.78 is 6.09. The lowest BCUT2D eigenvalue weighted by Gasteiger charge is -2.20. The highest BCUT2D eigenvalue weighted by molar-refractivity contribution is 9.10. The number of carbonyl (C=O) groups is 1. The Balaban J connectivity index is 2.12. The Hall–Kier alpha value is -1.29. The fourth-order valence-electron chi connectivity index (χ4n) is 2.05. The van der Waals surface area contributed by atoms with Gasteiger partial charge < -0.3 is 10.1 Å². The van der Waals surface area contributed by atoms with E-state index in [1.54, 1.807) is 19.2 Å². The molecule has 4 heteroatoms. The van der Waals surface area contributed by atoms with E-state index in [9.17, 15) is 4.79 Å². The van der Waals surface area contributed by atoms with Crippen molar-refractivity contribution in [3.63, 3.8) is 0 Å². The zero-order valence-corrected chi connectivity index (χ0v) is 11.9. The smallest absolute Gasteiger partial charge is 0.255 e. The molecule has 18 heavy (non-hydrogen) atoms. The van der Waals surface area contributed by atoms with Crippen molar-refractivity contribution in [1.82, 2.24) is 5.32 Å². The molecule has 0 saturated carbocycles. The molecule has 3 nitrogen and oxygen atoms in total. The van der Waals surface area contributed by atoms with Gasteiger partial charge in [0.25, 0.3) is 5.91 Å². The maximum absolute atomic E-state index is 12.2. The molecule has 1 amide bonds. The van der Waals surface area contributed by atoms with Crippen LogP contribution in [-0.2, 0) is 0 Å². The van der Waals surface area contributed by atoms with Crippen molar-refractivity contribution in [2.24, 2.45) is 0 Å². The molecule has 0 bridgehead atoms. The van der Waals surface area contributed by atoms with E-state index >= 15 is 0 Å². The van der Waals surface area contributed by atoms with Gasteiger partial charge in [0.2, 0.25) is 0 Å². The number of hydrogen-bond donors (Lipinski definition) is 1. The number of allylic oxidation sites excluding steroid dienone is 1. The molecule has 2 rings (SSSR count). The van der Waals surface area contributed by atoms with Crippen LogP contribution in [-0.4, -0.2) is 19.1 Å². The summed E-state index contributed by atoms with van der Waals surface area (Å²) in [6.07, 6.45) is 7.20. The minimum Gasteiger partial charge on any atom is -0.496 e. The number of carbonyl (C=O) groups excluding carboxylic acids is 1. The Morgan fingerprint density at radius 2 is 2.28 bits per heavy atom. The lowest BCUT2D eigenvalue weighted by molar-refractivity contribution is 0.0931. The van der Waals surface area contributed by atoms with Crippen LogP contribution in [0.3, 0.4) is 0 Å². The maximum Gasteiger partial charge on any atom is 0.255 e. The minimum absolute atomic E-state index is 0.0755. The molecule has 0 heterocycles. The number of rotatable bonds is 3. The van der Waals surface area contributed by atoms with E-state index in [0.717, 1.165) is 23.7 Å². The monoisotopic (exact) mass is 309 g/mol. The van der Waals surface area contributed by atoms with Gasteiger partial charge in [-0.15, -0.1) is 0 Å². The van der Waals surface area contributed by atoms with Gasteiger partial charge in [-0.2, -0.15) is 0 Å². The van der Waals surface area contributed by atoms with Crippen molar-refractivity contribution < 1.29 is 9.53 Å². The molecular formula is C14H16BrNO2. The third-order valence-corrected chi connectivity index (χ3v) is 3.50. The first kappa shape index (κ1) is 13.1. The minimum atomic E-state index is -0.0755. The molecule has 1 atom stereocenters. The molecule has 0 aromatic heterocycles. The van der Waals surface area contributed by atoms with Gasteiger partial charge in [0.1, 0.15) is 5.75 Å². The second-order valence-electron chi connectivity index (χ2n) is 4.30. The third-order valence-electron chi connectivity index (χ3n) is 3.01. The molecule has 1 aromatic rings. The second-order valence-corrected chi connectivity index (χ2v) is 5.22. The largest absolute Gasteiger partial charge is 0.496 e. The normalized spacial score (nSPS) is 18.4. The Morgan fingerprint density at radius 1 is 1.44 bits per heavy atom. The summed E-state index contributed by atoms with van der Waals surface area (Å²) in [5.74, 6) is 0.524. The van der Waals surface area contributed by atoms with Gasteiger partial charge in [-0.3, -0.25) is 4.79 Å². The fraction of sp³-hybridized carbons (Fsp3) is 0.357. The van der Waals surface area contributed by atoms with Gasteiger partial charge in [-0.1, -0.05) is 28.1 Å². The molecule has 0 saturated heterocycles. The van der Waals surface area contributed by atoms with E-state index < -0.39 is 0 Å². The average molecular weight is 310 g/mol. The molecule has 1 N–H and O–H groups in total. The van der Waals surface area contributed by atoms with Crippen LogP contribution in [0.15, 0.2) is 34.8 Å². The standard InChI is InChI=1S/C14H16BrNO2/c1-18-13-8-7-10(15)9-12(13)14(17)16-11-5-3-2-4-6-11/h2-3,7-9,11H,4-6H2,1H3,(H,16,17). The van der Waals surface area contributed by atoms with Crippen molar-refractivity contribution in [3.05, 3.63) is 40.4 Å². The molecule has 1 unspecified atom stereocenters. The summed E-state index contributed by atoms with van der Waals surface area (Å²) in [4.78, 5) is 12.2. The fourth-order valence-corrected chi connectivity index (χ4v) is 2.41. The summed E-state index contributed by atoms with van der Waals surface area (Å²) >= 11 is 3.37. The van der Waals surface area contributed by atoms with E-state index in [4.69, 9.17) is 4.74 Å². The predicted molar refractivity (Wildman–Crippen MR) is 74.9 cm³/mol. The highest BCUT2D eigenvalue weighted by atomic mass is 79.9. The van der Waals surface area contributed by atoms with Gasteiger partial charge in [0.05, 0.1) is 12.7 Å². The number of hydrogen-bond acceptors (Lipinski definition) is 2. The van der Waals surface area contributed by atoms with Crippen molar-refractivity contribution in [2.45, 2.75) is 25.3 Å². The number of methoxy groups -OCH3 is 1. The van der Waals surface area contributed by atoms with Crippen molar-refractivity contribution >= 4 is 21.8 Å². The Bertz CT molecular complexity index is 471. The lowest BCUT2D eigenvalue weighted by atomic mass is 10.0. The molecule has 0 radical (unpaired) electrons. The highest BCUT2D eigenvalue weighted by Gasteiger charge is 2.17. The van der Waals surface area contributed by atoms with Gasteiger partial charge in [-0.05, 0) is 37.5 Å². The molecule has 1 aromatic carbocycles. The Kier molecular flexibility index (Phi) is 4.42. The molecule has 1 aliphatic rings. The van der Waals surface area contributed by atoms with Gasteiger partial charge in [-0.25, -0.2) is 0 Å². The maximum atomic E-state index is 12.2. The van der Waals surface area contributed by atoms with Gasteiger partial charge in [0, 0.05) is 10.5 Å². The van der Waals surface area contributed by atoms with E-state index in [-0.39, 0.29) is 11.9 Å². The predicted octanol–water partition coefficient (Wildman–Crippen LogP) is 3.30. The van der Waals surface area contributed by atoms with E-state index in [1.807, 2.05) is 6.07 Å². The van der Waals surface area contributed by atoms with E-state index in [0.29, 0.717) is 11.3 Å². The summed E-state index contributed by atoms with van der Waals surface area (Å²) in [6, 6.07) is 5.66. The molecular weight excluding hydrogens is 294 g/mol. The Labute approximate surface area is 115 Å². The van der Waals surface area contributed by atoms with Crippen LogP contribution in [0.1, 0.15) is 29.6 Å². The number of amides is 1. The first-order valence-corrected chi connectivity index (χ1v) is 6.79. The number of halogens is 1. The lowest BCUT2D eigenvalue weighted by Crippen LogP contribution is -2.35. The SMILES string of the molecule is COc1ccc(Br)cc1C(=O)NC1CC=CCC1. The molecule has 0 aliphatic heterocycles. The molecule has 96 valence electrons. The van der Waals surface area contributed by atoms with E-state index in [2.05, 4.69) is 33.4 Å². The third kappa shape index (κ3) is 3.13. The first-order chi connectivity index (χ1) is 8.70. The van der Waals surface area contributed by atoms with Crippen LogP contribution < -0.4 is 10.1 Å². The summed E-state index contributed by atoms with van der Waals surface area (Å²) in [6.45, 7) is 0. The van der Waals surface area contributed by atoms with Crippen molar-refractivity contribution in [2.75, 3.05) is 7.11 Å². The quantitative estimate of drug-likeness (QED) is 0.870. The molecule has 1 aliphatic carbocycles. The summed E-state index contributed by atoms with van der Waals surface area (Å²) in [5, 5.41) is 3.05. The average Bonchev–Trinajstić information content (AvgIpc) is 2.40. The second kappa shape index (κ2) is 6.05. The number of ether oxygens (including phenoxy) is 1. The first-order valence-electron chi connectivity index (χ1n) is 6.00. The van der Waals surface area contributed by atoms with Crippen LogP contribution >= 0.6 is 15.9 Å². The number of benzene rings is 1. The highest BCUT2D eigenvalue weighted by Crippen LogP contribution is 2.23. The van der Waals surface area contributed by atoms with Crippen molar-refractivity contribution in [3.8, 4) is 5.75 Å².